The molecule has 1 aliphatic rings. The Labute approximate surface area is 174 Å². The number of amidine groups is 1. The molecule has 0 spiro atoms. The summed E-state index contributed by atoms with van der Waals surface area (Å²) >= 11 is 1.27. The van der Waals surface area contributed by atoms with E-state index in [0.717, 1.165) is 16.9 Å². The number of hydrogen-bond acceptors (Lipinski definition) is 5. The van der Waals surface area contributed by atoms with E-state index >= 15 is 0 Å². The van der Waals surface area contributed by atoms with Gasteiger partial charge < -0.3 is 10.1 Å². The number of benzene rings is 2. The fourth-order valence-corrected chi connectivity index (χ4v) is 3.77. The SMILES string of the molecule is CNC(=O)C(C)SC1=N/C(=C\c2ccc(OC)cc2)C(=O)N1Cc1ccccc1. The predicted molar refractivity (Wildman–Crippen MR) is 117 cm³/mol. The molecule has 0 fully saturated rings. The fourth-order valence-electron chi connectivity index (χ4n) is 2.80. The zero-order valence-electron chi connectivity index (χ0n) is 16.6. The Morgan fingerprint density at radius 2 is 1.90 bits per heavy atom. The molecule has 2 aromatic carbocycles. The van der Waals surface area contributed by atoms with E-state index in [4.69, 9.17) is 4.74 Å². The highest BCUT2D eigenvalue weighted by molar-refractivity contribution is 8.14. The summed E-state index contributed by atoms with van der Waals surface area (Å²) in [7, 11) is 3.20. The van der Waals surface area contributed by atoms with Crippen LogP contribution in [0.15, 0.2) is 65.3 Å². The molecule has 0 aromatic heterocycles. The molecule has 0 aliphatic carbocycles. The number of thioether (sulfide) groups is 1. The van der Waals surface area contributed by atoms with Crippen LogP contribution >= 0.6 is 11.8 Å². The van der Waals surface area contributed by atoms with Crippen molar-refractivity contribution < 1.29 is 14.3 Å². The lowest BCUT2D eigenvalue weighted by molar-refractivity contribution is -0.123. The highest BCUT2D eigenvalue weighted by atomic mass is 32.2. The van der Waals surface area contributed by atoms with Crippen molar-refractivity contribution in [2.24, 2.45) is 4.99 Å². The van der Waals surface area contributed by atoms with Gasteiger partial charge in [0.05, 0.1) is 18.9 Å². The second kappa shape index (κ2) is 9.43. The maximum absolute atomic E-state index is 13.1. The number of carbonyl (C=O) groups excluding carboxylic acids is 2. The van der Waals surface area contributed by atoms with Crippen molar-refractivity contribution in [1.82, 2.24) is 10.2 Å². The Kier molecular flexibility index (Phi) is 6.72. The van der Waals surface area contributed by atoms with Crippen LogP contribution in [0.5, 0.6) is 5.75 Å². The molecule has 6 nitrogen and oxygen atoms in total. The molecule has 150 valence electrons. The number of rotatable bonds is 6. The first kappa shape index (κ1) is 20.7. The summed E-state index contributed by atoms with van der Waals surface area (Å²) in [6, 6.07) is 17.1. The van der Waals surface area contributed by atoms with E-state index in [1.54, 1.807) is 32.1 Å². The van der Waals surface area contributed by atoms with Gasteiger partial charge in [0.2, 0.25) is 5.91 Å². The molecule has 1 aliphatic heterocycles. The third-order valence-electron chi connectivity index (χ3n) is 4.41. The molecule has 2 amide bonds. The van der Waals surface area contributed by atoms with Gasteiger partial charge in [0.15, 0.2) is 5.17 Å². The number of hydrogen-bond donors (Lipinski definition) is 1. The van der Waals surface area contributed by atoms with E-state index in [-0.39, 0.29) is 17.1 Å². The highest BCUT2D eigenvalue weighted by Crippen LogP contribution is 2.28. The zero-order chi connectivity index (χ0) is 20.8. The van der Waals surface area contributed by atoms with Crippen molar-refractivity contribution in [3.05, 3.63) is 71.4 Å². The molecule has 2 aromatic rings. The standard InChI is InChI=1S/C22H23N3O3S/c1-15(20(26)23-2)29-22-24-19(13-16-9-11-18(28-3)12-10-16)21(27)25(22)14-17-7-5-4-6-8-17/h4-13,15H,14H2,1-3H3,(H,23,26)/b19-13-. The van der Waals surface area contributed by atoms with Crippen LogP contribution in [-0.4, -0.2) is 41.3 Å². The van der Waals surface area contributed by atoms with Crippen LogP contribution in [0.2, 0.25) is 0 Å². The lowest BCUT2D eigenvalue weighted by Crippen LogP contribution is -2.34. The van der Waals surface area contributed by atoms with Gasteiger partial charge in [-0.3, -0.25) is 14.5 Å². The third kappa shape index (κ3) is 5.06. The van der Waals surface area contributed by atoms with E-state index in [1.807, 2.05) is 54.6 Å². The average molecular weight is 410 g/mol. The van der Waals surface area contributed by atoms with E-state index in [9.17, 15) is 9.59 Å². The van der Waals surface area contributed by atoms with E-state index in [2.05, 4.69) is 10.3 Å². The second-order valence-corrected chi connectivity index (χ2v) is 7.76. The minimum absolute atomic E-state index is 0.114. The molecule has 7 heteroatoms. The first-order chi connectivity index (χ1) is 14.0. The van der Waals surface area contributed by atoms with E-state index < -0.39 is 0 Å². The van der Waals surface area contributed by atoms with Crippen LogP contribution in [0.25, 0.3) is 6.08 Å². The van der Waals surface area contributed by atoms with Crippen molar-refractivity contribution in [2.75, 3.05) is 14.2 Å². The van der Waals surface area contributed by atoms with Gasteiger partial charge in [0.25, 0.3) is 5.91 Å². The van der Waals surface area contributed by atoms with E-state index in [0.29, 0.717) is 17.4 Å². The minimum Gasteiger partial charge on any atom is -0.497 e. The quantitative estimate of drug-likeness (QED) is 0.743. The summed E-state index contributed by atoms with van der Waals surface area (Å²) in [5, 5.41) is 2.78. The minimum atomic E-state index is -0.370. The lowest BCUT2D eigenvalue weighted by atomic mass is 10.1. The second-order valence-electron chi connectivity index (χ2n) is 6.45. The number of nitrogens with zero attached hydrogens (tertiary/aromatic N) is 2. The monoisotopic (exact) mass is 409 g/mol. The Bertz CT molecular complexity index is 940. The molecule has 1 N–H and O–H groups in total. The van der Waals surface area contributed by atoms with Gasteiger partial charge in [-0.2, -0.15) is 0 Å². The number of methoxy groups -OCH3 is 1. The lowest BCUT2D eigenvalue weighted by Gasteiger charge is -2.19. The number of carbonyl (C=O) groups is 2. The zero-order valence-corrected chi connectivity index (χ0v) is 17.4. The smallest absolute Gasteiger partial charge is 0.278 e. The van der Waals surface area contributed by atoms with Crippen molar-refractivity contribution >= 4 is 34.8 Å². The maximum Gasteiger partial charge on any atom is 0.278 e. The van der Waals surface area contributed by atoms with Crippen LogP contribution in [0.1, 0.15) is 18.1 Å². The van der Waals surface area contributed by atoms with Gasteiger partial charge in [-0.25, -0.2) is 4.99 Å². The van der Waals surface area contributed by atoms with Crippen LogP contribution in [0.4, 0.5) is 0 Å². The van der Waals surface area contributed by atoms with Crippen LogP contribution < -0.4 is 10.1 Å². The molecule has 1 heterocycles. The summed E-state index contributed by atoms with van der Waals surface area (Å²) in [6.45, 7) is 2.19. The van der Waals surface area contributed by atoms with E-state index in [1.165, 1.54) is 11.8 Å². The fraction of sp³-hybridized carbons (Fsp3) is 0.227. The van der Waals surface area contributed by atoms with Gasteiger partial charge in [-0.05, 0) is 36.3 Å². The Hall–Kier alpha value is -3.06. The molecule has 0 saturated carbocycles. The number of amides is 2. The summed E-state index contributed by atoms with van der Waals surface area (Å²) in [4.78, 5) is 31.2. The summed E-state index contributed by atoms with van der Waals surface area (Å²) in [5.74, 6) is 0.448. The van der Waals surface area contributed by atoms with Crippen molar-refractivity contribution in [3.63, 3.8) is 0 Å². The van der Waals surface area contributed by atoms with Crippen molar-refractivity contribution in [1.29, 1.82) is 0 Å². The van der Waals surface area contributed by atoms with Crippen molar-refractivity contribution in [3.8, 4) is 5.75 Å². The Morgan fingerprint density at radius 3 is 2.52 bits per heavy atom. The first-order valence-corrected chi connectivity index (χ1v) is 10.1. The summed E-state index contributed by atoms with van der Waals surface area (Å²) in [6.07, 6.45) is 1.75. The average Bonchev–Trinajstić information content (AvgIpc) is 3.03. The van der Waals surface area contributed by atoms with Crippen LogP contribution in [-0.2, 0) is 16.1 Å². The molecule has 0 radical (unpaired) electrons. The molecule has 1 unspecified atom stereocenters. The number of aliphatic imine (C=N–C) groups is 1. The maximum atomic E-state index is 13.1. The molecule has 0 saturated heterocycles. The molecule has 29 heavy (non-hydrogen) atoms. The first-order valence-electron chi connectivity index (χ1n) is 9.20. The summed E-state index contributed by atoms with van der Waals surface area (Å²) < 4.78 is 5.17. The van der Waals surface area contributed by atoms with Crippen LogP contribution in [0, 0.1) is 0 Å². The van der Waals surface area contributed by atoms with Gasteiger partial charge >= 0.3 is 0 Å². The number of nitrogens with one attached hydrogen (secondary N) is 1. The Balaban J connectivity index is 1.89. The highest BCUT2D eigenvalue weighted by Gasteiger charge is 2.32. The van der Waals surface area contributed by atoms with Gasteiger partial charge in [0, 0.05) is 7.05 Å². The van der Waals surface area contributed by atoms with Gasteiger partial charge in [-0.15, -0.1) is 0 Å². The topological polar surface area (TPSA) is 71.0 Å². The Morgan fingerprint density at radius 1 is 1.21 bits per heavy atom. The normalized spacial score (nSPS) is 16.0. The molecule has 1 atom stereocenters. The summed E-state index contributed by atoms with van der Waals surface area (Å²) in [5.41, 5.74) is 2.19. The molecular formula is C22H23N3O3S. The largest absolute Gasteiger partial charge is 0.497 e. The van der Waals surface area contributed by atoms with Gasteiger partial charge in [-0.1, -0.05) is 54.2 Å². The van der Waals surface area contributed by atoms with Gasteiger partial charge in [0.1, 0.15) is 11.4 Å². The molecule has 3 rings (SSSR count). The van der Waals surface area contributed by atoms with Crippen molar-refractivity contribution in [2.45, 2.75) is 18.7 Å². The predicted octanol–water partition coefficient (Wildman–Crippen LogP) is 3.30. The number of ether oxygens (including phenoxy) is 1. The molecule has 0 bridgehead atoms. The third-order valence-corrected chi connectivity index (χ3v) is 5.50. The molecular weight excluding hydrogens is 386 g/mol. The van der Waals surface area contributed by atoms with Crippen LogP contribution in [0.3, 0.4) is 0 Å².